The van der Waals surface area contributed by atoms with Crippen LogP contribution in [0.3, 0.4) is 0 Å². The van der Waals surface area contributed by atoms with Gasteiger partial charge >= 0.3 is 6.09 Å². The number of amides is 1. The summed E-state index contributed by atoms with van der Waals surface area (Å²) < 4.78 is 12.6. The summed E-state index contributed by atoms with van der Waals surface area (Å²) in [5.74, 6) is 0.565. The van der Waals surface area contributed by atoms with Crippen molar-refractivity contribution in [1.82, 2.24) is 19.5 Å². The number of pyridine rings is 1. The highest BCUT2D eigenvalue weighted by atomic mass is 35.5. The minimum absolute atomic E-state index is 0.177. The molecule has 0 fully saturated rings. The van der Waals surface area contributed by atoms with E-state index in [2.05, 4.69) is 10.1 Å². The van der Waals surface area contributed by atoms with Gasteiger partial charge in [-0.2, -0.15) is 4.98 Å². The van der Waals surface area contributed by atoms with Gasteiger partial charge in [0.25, 0.3) is 0 Å². The van der Waals surface area contributed by atoms with Crippen molar-refractivity contribution in [3.05, 3.63) is 35.4 Å². The lowest BCUT2D eigenvalue weighted by Gasteiger charge is -2.28. The molecule has 1 amide bonds. The molecule has 122 valence electrons. The Kier molecular flexibility index (Phi) is 3.89. The molecule has 2 aromatic rings. The lowest BCUT2D eigenvalue weighted by Crippen LogP contribution is -2.37. The molecule has 23 heavy (non-hydrogen) atoms. The molecule has 0 radical (unpaired) electrons. The topological polar surface area (TPSA) is 69.0 Å². The van der Waals surface area contributed by atoms with Crippen LogP contribution in [0.1, 0.15) is 26.3 Å². The van der Waals surface area contributed by atoms with Crippen molar-refractivity contribution in [3.8, 4) is 0 Å². The monoisotopic (exact) mass is 336 g/mol. The number of fused-ring (bicyclic) bond motifs is 1. The number of carbonyl (C=O) groups is 1. The molecule has 1 aliphatic heterocycles. The van der Waals surface area contributed by atoms with Crippen molar-refractivity contribution in [3.63, 3.8) is 0 Å². The largest absolute Gasteiger partial charge is 0.489 e. The molecule has 3 rings (SSSR count). The summed E-state index contributed by atoms with van der Waals surface area (Å²) in [5.41, 5.74) is 0.867. The molecule has 3 heterocycles. The molecule has 0 spiro atoms. The lowest BCUT2D eigenvalue weighted by atomic mass is 10.2. The van der Waals surface area contributed by atoms with Crippen LogP contribution in [0.5, 0.6) is 0 Å². The number of rotatable bonds is 1. The van der Waals surface area contributed by atoms with Crippen LogP contribution >= 0.6 is 11.6 Å². The van der Waals surface area contributed by atoms with E-state index in [9.17, 15) is 4.79 Å². The number of hydrogen-bond donors (Lipinski definition) is 0. The van der Waals surface area contributed by atoms with E-state index in [1.165, 1.54) is 4.90 Å². The Labute approximate surface area is 138 Å². The minimum Gasteiger partial charge on any atom is -0.489 e. The van der Waals surface area contributed by atoms with E-state index in [1.54, 1.807) is 23.0 Å². The van der Waals surface area contributed by atoms with Crippen LogP contribution < -0.4 is 0 Å². The van der Waals surface area contributed by atoms with Crippen molar-refractivity contribution in [2.24, 2.45) is 0 Å². The maximum Gasteiger partial charge on any atom is 0.414 e. The van der Waals surface area contributed by atoms with Gasteiger partial charge in [0.1, 0.15) is 18.0 Å². The molecule has 0 bridgehead atoms. The summed E-state index contributed by atoms with van der Waals surface area (Å²) in [5, 5.41) is 4.23. The second kappa shape index (κ2) is 5.73. The van der Waals surface area contributed by atoms with Crippen molar-refractivity contribution < 1.29 is 14.3 Å². The normalized spacial score (nSPS) is 15.3. The molecule has 8 heteroatoms. The first-order valence-electron chi connectivity index (χ1n) is 7.18. The number of ether oxygens (including phenoxy) is 2. The quantitative estimate of drug-likeness (QED) is 0.800. The summed E-state index contributed by atoms with van der Waals surface area (Å²) in [4.78, 5) is 17.7. The van der Waals surface area contributed by atoms with Gasteiger partial charge in [-0.15, -0.1) is 5.10 Å². The minimum atomic E-state index is -0.542. The molecule has 7 nitrogen and oxygen atoms in total. The molecular weight excluding hydrogens is 320 g/mol. The average Bonchev–Trinajstić information content (AvgIpc) is 2.84. The molecule has 0 atom stereocenters. The number of hydrogen-bond acceptors (Lipinski definition) is 5. The smallest absolute Gasteiger partial charge is 0.414 e. The van der Waals surface area contributed by atoms with Crippen LogP contribution in [-0.4, -0.2) is 44.3 Å². The van der Waals surface area contributed by atoms with Gasteiger partial charge in [0.15, 0.2) is 5.65 Å². The van der Waals surface area contributed by atoms with E-state index in [4.69, 9.17) is 21.1 Å². The summed E-state index contributed by atoms with van der Waals surface area (Å²) in [7, 11) is 0. The zero-order valence-electron chi connectivity index (χ0n) is 13.1. The molecule has 0 aliphatic carbocycles. The summed E-state index contributed by atoms with van der Waals surface area (Å²) in [6, 6.07) is 3.62. The van der Waals surface area contributed by atoms with Gasteiger partial charge in [0.05, 0.1) is 12.7 Å². The first-order valence-corrected chi connectivity index (χ1v) is 7.56. The fourth-order valence-corrected chi connectivity index (χ4v) is 2.29. The second-order valence-corrected chi connectivity index (χ2v) is 6.45. The molecule has 1 aliphatic rings. The Morgan fingerprint density at radius 1 is 1.39 bits per heavy atom. The maximum absolute atomic E-state index is 12.2. The first kappa shape index (κ1) is 15.6. The molecular formula is C15H17ClN4O3. The van der Waals surface area contributed by atoms with E-state index in [0.29, 0.717) is 24.6 Å². The average molecular weight is 337 g/mol. The summed E-state index contributed by atoms with van der Waals surface area (Å²) in [6.45, 7) is 6.33. The highest BCUT2D eigenvalue weighted by Crippen LogP contribution is 2.22. The van der Waals surface area contributed by atoms with Crippen molar-refractivity contribution in [2.75, 3.05) is 13.2 Å². The Hall–Kier alpha value is -2.28. The standard InChI is InChI=1S/C15H17ClN4O3/c1-15(2,3)23-14(21)19-6-7-22-11(9-19)10-4-5-12-17-13(16)18-20(12)8-10/h4-5,8-9H,6-7H2,1-3H3. The van der Waals surface area contributed by atoms with Gasteiger partial charge in [-0.3, -0.25) is 4.90 Å². The summed E-state index contributed by atoms with van der Waals surface area (Å²) in [6.07, 6.45) is 2.99. The van der Waals surface area contributed by atoms with E-state index >= 15 is 0 Å². The van der Waals surface area contributed by atoms with Crippen LogP contribution in [0.15, 0.2) is 24.5 Å². The van der Waals surface area contributed by atoms with E-state index in [0.717, 1.165) is 5.56 Å². The van der Waals surface area contributed by atoms with Gasteiger partial charge in [-0.05, 0) is 44.5 Å². The number of halogens is 1. The molecule has 0 unspecified atom stereocenters. The number of carbonyl (C=O) groups excluding carboxylic acids is 1. The molecule has 2 aromatic heterocycles. The number of nitrogens with zero attached hydrogens (tertiary/aromatic N) is 4. The molecule has 0 aromatic carbocycles. The van der Waals surface area contributed by atoms with E-state index < -0.39 is 11.7 Å². The Bertz CT molecular complexity index is 779. The van der Waals surface area contributed by atoms with Crippen molar-refractivity contribution >= 4 is 29.1 Å². The van der Waals surface area contributed by atoms with Crippen LogP contribution in [-0.2, 0) is 9.47 Å². The highest BCUT2D eigenvalue weighted by molar-refractivity contribution is 6.28. The maximum atomic E-state index is 12.2. The van der Waals surface area contributed by atoms with Crippen LogP contribution in [0, 0.1) is 0 Å². The fraction of sp³-hybridized carbons (Fsp3) is 0.400. The highest BCUT2D eigenvalue weighted by Gasteiger charge is 2.24. The van der Waals surface area contributed by atoms with E-state index in [-0.39, 0.29) is 5.28 Å². The predicted molar refractivity (Wildman–Crippen MR) is 84.9 cm³/mol. The van der Waals surface area contributed by atoms with Gasteiger partial charge in [-0.1, -0.05) is 0 Å². The molecule has 0 N–H and O–H groups in total. The summed E-state index contributed by atoms with van der Waals surface area (Å²) >= 11 is 5.79. The van der Waals surface area contributed by atoms with Gasteiger partial charge in [0, 0.05) is 11.8 Å². The van der Waals surface area contributed by atoms with Crippen molar-refractivity contribution in [1.29, 1.82) is 0 Å². The third kappa shape index (κ3) is 3.56. The lowest BCUT2D eigenvalue weighted by molar-refractivity contribution is 0.0282. The van der Waals surface area contributed by atoms with Crippen LogP contribution in [0.25, 0.3) is 11.4 Å². The SMILES string of the molecule is CC(C)(C)OC(=O)N1C=C(c2ccc3nc(Cl)nn3c2)OCC1. The second-order valence-electron chi connectivity index (χ2n) is 6.12. The first-order chi connectivity index (χ1) is 10.8. The van der Waals surface area contributed by atoms with Gasteiger partial charge in [-0.25, -0.2) is 9.31 Å². The Morgan fingerprint density at radius 2 is 2.17 bits per heavy atom. The third-order valence-corrected chi connectivity index (χ3v) is 3.24. The van der Waals surface area contributed by atoms with Crippen LogP contribution in [0.4, 0.5) is 4.79 Å². The van der Waals surface area contributed by atoms with Crippen molar-refractivity contribution in [2.45, 2.75) is 26.4 Å². The zero-order chi connectivity index (χ0) is 16.6. The zero-order valence-corrected chi connectivity index (χ0v) is 13.9. The number of aromatic nitrogens is 3. The molecule has 0 saturated heterocycles. The predicted octanol–water partition coefficient (Wildman–Crippen LogP) is 2.95. The molecule has 0 saturated carbocycles. The third-order valence-electron chi connectivity index (χ3n) is 3.08. The Morgan fingerprint density at radius 3 is 2.91 bits per heavy atom. The Balaban J connectivity index is 1.86. The fourth-order valence-electron chi connectivity index (χ4n) is 2.12. The van der Waals surface area contributed by atoms with Gasteiger partial charge in [0.2, 0.25) is 5.28 Å². The van der Waals surface area contributed by atoms with E-state index in [1.807, 2.05) is 26.8 Å². The van der Waals surface area contributed by atoms with Crippen LogP contribution in [0.2, 0.25) is 5.28 Å². The van der Waals surface area contributed by atoms with Gasteiger partial charge < -0.3 is 9.47 Å².